The highest BCUT2D eigenvalue weighted by Gasteiger charge is 2.35. The van der Waals surface area contributed by atoms with Gasteiger partial charge in [0.2, 0.25) is 0 Å². The standard InChI is InChI=1S/C23H28N4O4/c1-30-19-10-8-16(14-20(19)31-2)22(28)25-17-9-11-21(24-15-17)27-13-12-26(23(27)29)18-6-4-3-5-7-18/h8-11,14-15,18H,3-7,12-13H2,1-2H3,(H,25,28). The largest absolute Gasteiger partial charge is 0.493 e. The molecule has 0 unspecified atom stereocenters. The van der Waals surface area contributed by atoms with Gasteiger partial charge in [-0.1, -0.05) is 19.3 Å². The third-order valence-electron chi connectivity index (χ3n) is 5.98. The van der Waals surface area contributed by atoms with Crippen molar-refractivity contribution in [1.29, 1.82) is 0 Å². The molecule has 1 aromatic heterocycles. The number of rotatable bonds is 6. The number of ether oxygens (including phenoxy) is 2. The number of amides is 3. The Hall–Kier alpha value is -3.29. The average Bonchev–Trinajstić information content (AvgIpc) is 3.20. The Morgan fingerprint density at radius 3 is 2.48 bits per heavy atom. The number of nitrogens with zero attached hydrogens (tertiary/aromatic N) is 3. The van der Waals surface area contributed by atoms with Crippen LogP contribution in [0.25, 0.3) is 0 Å². The minimum Gasteiger partial charge on any atom is -0.493 e. The van der Waals surface area contributed by atoms with E-state index >= 15 is 0 Å². The highest BCUT2D eigenvalue weighted by Crippen LogP contribution is 2.29. The van der Waals surface area contributed by atoms with Crippen LogP contribution in [0.1, 0.15) is 42.5 Å². The van der Waals surface area contributed by atoms with Crippen LogP contribution in [0.5, 0.6) is 11.5 Å². The van der Waals surface area contributed by atoms with Gasteiger partial charge in [-0.15, -0.1) is 0 Å². The van der Waals surface area contributed by atoms with Gasteiger partial charge in [0.15, 0.2) is 11.5 Å². The molecule has 4 rings (SSSR count). The predicted octanol–water partition coefficient (Wildman–Crippen LogP) is 3.93. The Morgan fingerprint density at radius 2 is 1.81 bits per heavy atom. The number of anilines is 2. The van der Waals surface area contributed by atoms with Crippen molar-refractivity contribution < 1.29 is 19.1 Å². The molecule has 1 aliphatic carbocycles. The Balaban J connectivity index is 1.40. The van der Waals surface area contributed by atoms with E-state index < -0.39 is 0 Å². The van der Waals surface area contributed by atoms with Crippen molar-refractivity contribution in [2.75, 3.05) is 37.5 Å². The fourth-order valence-electron chi connectivity index (χ4n) is 4.30. The van der Waals surface area contributed by atoms with Crippen molar-refractivity contribution in [2.24, 2.45) is 0 Å². The van der Waals surface area contributed by atoms with E-state index in [4.69, 9.17) is 9.47 Å². The molecule has 1 saturated carbocycles. The number of urea groups is 1. The van der Waals surface area contributed by atoms with Crippen molar-refractivity contribution in [3.8, 4) is 11.5 Å². The summed E-state index contributed by atoms with van der Waals surface area (Å²) in [6, 6.07) is 8.89. The Morgan fingerprint density at radius 1 is 1.03 bits per heavy atom. The molecule has 1 N–H and O–H groups in total. The van der Waals surface area contributed by atoms with Gasteiger partial charge in [-0.3, -0.25) is 9.69 Å². The summed E-state index contributed by atoms with van der Waals surface area (Å²) >= 11 is 0. The van der Waals surface area contributed by atoms with Gasteiger partial charge in [0.1, 0.15) is 5.82 Å². The fourth-order valence-corrected chi connectivity index (χ4v) is 4.30. The summed E-state index contributed by atoms with van der Waals surface area (Å²) in [7, 11) is 3.07. The molecule has 164 valence electrons. The van der Waals surface area contributed by atoms with Gasteiger partial charge in [-0.25, -0.2) is 9.78 Å². The molecule has 8 nitrogen and oxygen atoms in total. The van der Waals surface area contributed by atoms with Crippen LogP contribution < -0.4 is 19.7 Å². The molecule has 0 radical (unpaired) electrons. The molecule has 2 heterocycles. The normalized spacial score (nSPS) is 17.0. The third kappa shape index (κ3) is 4.42. The zero-order valence-electron chi connectivity index (χ0n) is 18.0. The lowest BCUT2D eigenvalue weighted by molar-refractivity contribution is 0.102. The fraction of sp³-hybridized carbons (Fsp3) is 0.435. The third-order valence-corrected chi connectivity index (χ3v) is 5.98. The molecule has 8 heteroatoms. The van der Waals surface area contributed by atoms with E-state index in [9.17, 15) is 9.59 Å². The number of carbonyl (C=O) groups is 2. The monoisotopic (exact) mass is 424 g/mol. The zero-order valence-corrected chi connectivity index (χ0v) is 18.0. The van der Waals surface area contributed by atoms with Crippen molar-refractivity contribution in [3.63, 3.8) is 0 Å². The second-order valence-corrected chi connectivity index (χ2v) is 7.85. The summed E-state index contributed by atoms with van der Waals surface area (Å²) in [5.41, 5.74) is 0.999. The SMILES string of the molecule is COc1ccc(C(=O)Nc2ccc(N3CCN(C4CCCCC4)C3=O)nc2)cc1OC. The van der Waals surface area contributed by atoms with Crippen molar-refractivity contribution in [3.05, 3.63) is 42.1 Å². The number of benzene rings is 1. The van der Waals surface area contributed by atoms with Crippen LogP contribution >= 0.6 is 0 Å². The molecular weight excluding hydrogens is 396 g/mol. The van der Waals surface area contributed by atoms with E-state index in [0.29, 0.717) is 41.2 Å². The number of pyridine rings is 1. The Kier molecular flexibility index (Phi) is 6.25. The van der Waals surface area contributed by atoms with E-state index in [1.807, 2.05) is 4.90 Å². The number of carbonyl (C=O) groups excluding carboxylic acids is 2. The molecular formula is C23H28N4O4. The van der Waals surface area contributed by atoms with E-state index in [0.717, 1.165) is 19.4 Å². The van der Waals surface area contributed by atoms with Crippen molar-refractivity contribution in [2.45, 2.75) is 38.1 Å². The summed E-state index contributed by atoms with van der Waals surface area (Å²) in [5.74, 6) is 1.37. The molecule has 2 fully saturated rings. The maximum absolute atomic E-state index is 12.9. The smallest absolute Gasteiger partial charge is 0.326 e. The minimum atomic E-state index is -0.281. The molecule has 1 saturated heterocycles. The summed E-state index contributed by atoms with van der Waals surface area (Å²) in [4.78, 5) is 33.6. The number of methoxy groups -OCH3 is 2. The first kappa shape index (κ1) is 21.0. The highest BCUT2D eigenvalue weighted by atomic mass is 16.5. The van der Waals surface area contributed by atoms with E-state index in [-0.39, 0.29) is 11.9 Å². The lowest BCUT2D eigenvalue weighted by atomic mass is 9.94. The lowest BCUT2D eigenvalue weighted by Gasteiger charge is -2.30. The lowest BCUT2D eigenvalue weighted by Crippen LogP contribution is -2.40. The molecule has 1 aromatic carbocycles. The van der Waals surface area contributed by atoms with E-state index in [1.54, 1.807) is 48.5 Å². The maximum Gasteiger partial charge on any atom is 0.326 e. The van der Waals surface area contributed by atoms with Crippen LogP contribution in [-0.4, -0.2) is 55.2 Å². The summed E-state index contributed by atoms with van der Waals surface area (Å²) in [5, 5.41) is 2.82. The van der Waals surface area contributed by atoms with Gasteiger partial charge in [0.25, 0.3) is 5.91 Å². The minimum absolute atomic E-state index is 0.0292. The summed E-state index contributed by atoms with van der Waals surface area (Å²) < 4.78 is 10.5. The predicted molar refractivity (Wildman–Crippen MR) is 118 cm³/mol. The zero-order chi connectivity index (χ0) is 21.8. The van der Waals surface area contributed by atoms with E-state index in [2.05, 4.69) is 10.3 Å². The van der Waals surface area contributed by atoms with Gasteiger partial charge in [0.05, 0.1) is 26.1 Å². The van der Waals surface area contributed by atoms with Crippen molar-refractivity contribution in [1.82, 2.24) is 9.88 Å². The van der Waals surface area contributed by atoms with Crippen LogP contribution in [0.3, 0.4) is 0 Å². The molecule has 3 amide bonds. The van der Waals surface area contributed by atoms with Crippen LogP contribution in [0, 0.1) is 0 Å². The topological polar surface area (TPSA) is 84.0 Å². The quantitative estimate of drug-likeness (QED) is 0.760. The number of hydrogen-bond donors (Lipinski definition) is 1. The summed E-state index contributed by atoms with van der Waals surface area (Å²) in [6.45, 7) is 1.38. The molecule has 2 aliphatic rings. The molecule has 0 spiro atoms. The summed E-state index contributed by atoms with van der Waals surface area (Å²) in [6.07, 6.45) is 7.41. The molecule has 31 heavy (non-hydrogen) atoms. The van der Waals surface area contributed by atoms with Crippen molar-refractivity contribution >= 4 is 23.4 Å². The first-order valence-electron chi connectivity index (χ1n) is 10.7. The molecule has 0 bridgehead atoms. The first-order chi connectivity index (χ1) is 15.1. The van der Waals surface area contributed by atoms with Crippen LogP contribution in [-0.2, 0) is 0 Å². The molecule has 0 atom stereocenters. The molecule has 1 aliphatic heterocycles. The Bertz CT molecular complexity index is 941. The van der Waals surface area contributed by atoms with Gasteiger partial charge < -0.3 is 19.7 Å². The first-order valence-corrected chi connectivity index (χ1v) is 10.7. The van der Waals surface area contributed by atoms with Crippen LogP contribution in [0.4, 0.5) is 16.3 Å². The Labute approximate surface area is 182 Å². The second kappa shape index (κ2) is 9.24. The van der Waals surface area contributed by atoms with Crippen LogP contribution in [0.15, 0.2) is 36.5 Å². The average molecular weight is 425 g/mol. The van der Waals surface area contributed by atoms with Crippen LogP contribution in [0.2, 0.25) is 0 Å². The van der Waals surface area contributed by atoms with Gasteiger partial charge in [-0.05, 0) is 43.2 Å². The number of hydrogen-bond acceptors (Lipinski definition) is 5. The van der Waals surface area contributed by atoms with Gasteiger partial charge in [0, 0.05) is 24.7 Å². The van der Waals surface area contributed by atoms with Gasteiger partial charge >= 0.3 is 6.03 Å². The van der Waals surface area contributed by atoms with E-state index in [1.165, 1.54) is 26.4 Å². The van der Waals surface area contributed by atoms with Gasteiger partial charge in [-0.2, -0.15) is 0 Å². The second-order valence-electron chi connectivity index (χ2n) is 7.85. The number of nitrogens with one attached hydrogen (secondary N) is 1. The highest BCUT2D eigenvalue weighted by molar-refractivity contribution is 6.04. The number of aromatic nitrogens is 1. The maximum atomic E-state index is 12.9. The molecule has 2 aromatic rings.